The van der Waals surface area contributed by atoms with Crippen molar-refractivity contribution in [1.29, 1.82) is 0 Å². The Morgan fingerprint density at radius 3 is 2.53 bits per heavy atom. The number of carbonyl (C=O) groups is 1. The fourth-order valence-electron chi connectivity index (χ4n) is 1.44. The summed E-state index contributed by atoms with van der Waals surface area (Å²) in [5.41, 5.74) is 7.62. The van der Waals surface area contributed by atoms with Crippen LogP contribution in [-0.4, -0.2) is 19.1 Å². The minimum Gasteiger partial charge on any atom is -0.466 e. The van der Waals surface area contributed by atoms with Gasteiger partial charge in [-0.25, -0.2) is 0 Å². The zero-order valence-corrected chi connectivity index (χ0v) is 11.0. The fourth-order valence-corrected chi connectivity index (χ4v) is 1.44. The normalized spacial score (nSPS) is 9.18. The van der Waals surface area contributed by atoms with Crippen molar-refractivity contribution in [3.63, 3.8) is 0 Å². The van der Waals surface area contributed by atoms with E-state index in [0.29, 0.717) is 19.6 Å². The summed E-state index contributed by atoms with van der Waals surface area (Å²) >= 11 is 0. The first-order valence-corrected chi connectivity index (χ1v) is 6.19. The first-order valence-electron chi connectivity index (χ1n) is 6.19. The largest absolute Gasteiger partial charge is 0.466 e. The molecule has 2 N–H and O–H groups in total. The van der Waals surface area contributed by atoms with Crippen LogP contribution in [0.4, 0.5) is 0 Å². The summed E-state index contributed by atoms with van der Waals surface area (Å²) < 4.78 is 4.88. The first-order chi connectivity index (χ1) is 8.26. The summed E-state index contributed by atoms with van der Waals surface area (Å²) in [6.07, 6.45) is 1.18. The van der Waals surface area contributed by atoms with Gasteiger partial charge in [0.25, 0.3) is 0 Å². The fraction of sp³-hybridized carbons (Fsp3) is 0.500. The van der Waals surface area contributed by atoms with E-state index < -0.39 is 0 Å². The predicted molar refractivity (Wildman–Crippen MR) is 70.9 cm³/mol. The van der Waals surface area contributed by atoms with Crippen LogP contribution < -0.4 is 5.73 Å². The smallest absolute Gasteiger partial charge is 0.310 e. The van der Waals surface area contributed by atoms with Crippen LogP contribution in [0.25, 0.3) is 0 Å². The van der Waals surface area contributed by atoms with E-state index in [1.165, 1.54) is 5.56 Å². The van der Waals surface area contributed by atoms with Gasteiger partial charge in [-0.05, 0) is 31.0 Å². The van der Waals surface area contributed by atoms with Crippen LogP contribution in [0.1, 0.15) is 31.9 Å². The van der Waals surface area contributed by atoms with E-state index in [2.05, 4.69) is 0 Å². The molecule has 0 fully saturated rings. The lowest BCUT2D eigenvalue weighted by Gasteiger charge is -2.04. The van der Waals surface area contributed by atoms with Crippen molar-refractivity contribution in [2.45, 2.75) is 33.6 Å². The Bertz CT molecular complexity index is 324. The molecule has 0 aliphatic heterocycles. The van der Waals surface area contributed by atoms with Gasteiger partial charge >= 0.3 is 5.97 Å². The number of benzene rings is 1. The third-order valence-electron chi connectivity index (χ3n) is 2.08. The predicted octanol–water partition coefficient (Wildman–Crippen LogP) is 2.32. The van der Waals surface area contributed by atoms with Gasteiger partial charge in [0.05, 0.1) is 13.0 Å². The number of hydrogen-bond acceptors (Lipinski definition) is 3. The lowest BCUT2D eigenvalue weighted by atomic mass is 10.1. The number of esters is 1. The van der Waals surface area contributed by atoms with Crippen LogP contribution in [0.15, 0.2) is 24.3 Å². The summed E-state index contributed by atoms with van der Waals surface area (Å²) in [6.45, 7) is 6.87. The molecule has 1 aromatic carbocycles. The summed E-state index contributed by atoms with van der Waals surface area (Å²) in [7, 11) is 0. The highest BCUT2D eigenvalue weighted by Crippen LogP contribution is 2.07. The molecule has 0 spiro atoms. The molecule has 3 nitrogen and oxygen atoms in total. The summed E-state index contributed by atoms with van der Waals surface area (Å²) in [5.74, 6) is -0.178. The standard InChI is InChI=1S/C12H17NO2.C2H6/c1-2-15-12(14)9-11-5-3-4-10(8-11)6-7-13;1-2/h3-5,8H,2,6-7,9,13H2,1H3;1-2H3. The highest BCUT2D eigenvalue weighted by molar-refractivity contribution is 5.72. The average molecular weight is 237 g/mol. The van der Waals surface area contributed by atoms with Gasteiger partial charge in [0.1, 0.15) is 0 Å². The van der Waals surface area contributed by atoms with Crippen LogP contribution in [0.5, 0.6) is 0 Å². The zero-order valence-electron chi connectivity index (χ0n) is 11.0. The highest BCUT2D eigenvalue weighted by atomic mass is 16.5. The Morgan fingerprint density at radius 1 is 1.29 bits per heavy atom. The van der Waals surface area contributed by atoms with E-state index >= 15 is 0 Å². The maximum atomic E-state index is 11.2. The van der Waals surface area contributed by atoms with Crippen LogP contribution in [0.2, 0.25) is 0 Å². The summed E-state index contributed by atoms with van der Waals surface area (Å²) in [6, 6.07) is 7.89. The lowest BCUT2D eigenvalue weighted by molar-refractivity contribution is -0.142. The molecule has 17 heavy (non-hydrogen) atoms. The van der Waals surface area contributed by atoms with Crippen LogP contribution >= 0.6 is 0 Å². The average Bonchev–Trinajstić information content (AvgIpc) is 2.33. The lowest BCUT2D eigenvalue weighted by Crippen LogP contribution is -2.08. The number of nitrogens with two attached hydrogens (primary N) is 1. The Morgan fingerprint density at radius 2 is 1.94 bits per heavy atom. The summed E-state index contributed by atoms with van der Waals surface area (Å²) in [5, 5.41) is 0. The Labute approximate surface area is 104 Å². The van der Waals surface area contributed by atoms with Crippen molar-refractivity contribution in [2.75, 3.05) is 13.2 Å². The Balaban J connectivity index is 0.00000121. The minimum atomic E-state index is -0.178. The Kier molecular flexibility index (Phi) is 9.06. The van der Waals surface area contributed by atoms with Crippen LogP contribution in [0.3, 0.4) is 0 Å². The third kappa shape index (κ3) is 6.74. The van der Waals surface area contributed by atoms with Crippen molar-refractivity contribution < 1.29 is 9.53 Å². The number of rotatable bonds is 5. The van der Waals surface area contributed by atoms with Gasteiger partial charge in [0.15, 0.2) is 0 Å². The molecule has 0 saturated heterocycles. The highest BCUT2D eigenvalue weighted by Gasteiger charge is 2.03. The quantitative estimate of drug-likeness (QED) is 0.800. The van der Waals surface area contributed by atoms with Gasteiger partial charge in [-0.3, -0.25) is 4.79 Å². The second-order valence-electron chi connectivity index (χ2n) is 3.34. The third-order valence-corrected chi connectivity index (χ3v) is 2.08. The summed E-state index contributed by atoms with van der Waals surface area (Å²) in [4.78, 5) is 11.2. The zero-order chi connectivity index (χ0) is 13.1. The Hall–Kier alpha value is -1.35. The molecule has 0 saturated carbocycles. The van der Waals surface area contributed by atoms with E-state index in [-0.39, 0.29) is 5.97 Å². The first kappa shape index (κ1) is 15.7. The number of hydrogen-bond donors (Lipinski definition) is 1. The monoisotopic (exact) mass is 237 g/mol. The number of carbonyl (C=O) groups excluding carboxylic acids is 1. The van der Waals surface area contributed by atoms with Gasteiger partial charge in [0, 0.05) is 0 Å². The molecule has 0 aromatic heterocycles. The maximum absolute atomic E-state index is 11.2. The molecular formula is C14H23NO2. The minimum absolute atomic E-state index is 0.178. The van der Waals surface area contributed by atoms with E-state index in [1.807, 2.05) is 45.0 Å². The van der Waals surface area contributed by atoms with Crippen molar-refractivity contribution in [1.82, 2.24) is 0 Å². The second kappa shape index (κ2) is 9.85. The van der Waals surface area contributed by atoms with E-state index in [0.717, 1.165) is 12.0 Å². The van der Waals surface area contributed by atoms with Gasteiger partial charge in [0.2, 0.25) is 0 Å². The van der Waals surface area contributed by atoms with Crippen LogP contribution in [0, 0.1) is 0 Å². The topological polar surface area (TPSA) is 52.3 Å². The van der Waals surface area contributed by atoms with Crippen molar-refractivity contribution in [2.24, 2.45) is 5.73 Å². The number of ether oxygens (including phenoxy) is 1. The van der Waals surface area contributed by atoms with Crippen molar-refractivity contribution in [3.05, 3.63) is 35.4 Å². The van der Waals surface area contributed by atoms with Crippen LogP contribution in [-0.2, 0) is 22.4 Å². The molecule has 0 atom stereocenters. The van der Waals surface area contributed by atoms with E-state index in [9.17, 15) is 4.79 Å². The molecular weight excluding hydrogens is 214 g/mol. The molecule has 0 radical (unpaired) electrons. The molecule has 3 heteroatoms. The van der Waals surface area contributed by atoms with E-state index in [1.54, 1.807) is 0 Å². The SMILES string of the molecule is CC.CCOC(=O)Cc1cccc(CCN)c1. The maximum Gasteiger partial charge on any atom is 0.310 e. The molecule has 96 valence electrons. The van der Waals surface area contributed by atoms with Gasteiger partial charge < -0.3 is 10.5 Å². The van der Waals surface area contributed by atoms with E-state index in [4.69, 9.17) is 10.5 Å². The molecule has 1 aromatic rings. The van der Waals surface area contributed by atoms with Crippen molar-refractivity contribution in [3.8, 4) is 0 Å². The van der Waals surface area contributed by atoms with Gasteiger partial charge in [-0.2, -0.15) is 0 Å². The van der Waals surface area contributed by atoms with Crippen molar-refractivity contribution >= 4 is 5.97 Å². The molecule has 0 aliphatic carbocycles. The molecule has 0 bridgehead atoms. The molecule has 0 aliphatic rings. The molecule has 0 unspecified atom stereocenters. The molecule has 0 amide bonds. The van der Waals surface area contributed by atoms with Gasteiger partial charge in [-0.1, -0.05) is 38.1 Å². The molecule has 1 rings (SSSR count). The molecule has 0 heterocycles. The second-order valence-corrected chi connectivity index (χ2v) is 3.34. The van der Waals surface area contributed by atoms with Gasteiger partial charge in [-0.15, -0.1) is 0 Å².